The molecule has 0 unspecified atom stereocenters. The van der Waals surface area contributed by atoms with Gasteiger partial charge in [-0.2, -0.15) is 0 Å². The van der Waals surface area contributed by atoms with Crippen LogP contribution in [0.3, 0.4) is 0 Å². The van der Waals surface area contributed by atoms with Gasteiger partial charge < -0.3 is 9.73 Å². The molecule has 0 aliphatic carbocycles. The molecule has 1 heterocycles. The number of para-hydroxylation sites is 1. The smallest absolute Gasteiger partial charge is 0.313 e. The molecule has 0 aliphatic heterocycles. The minimum Gasteiger partial charge on any atom is -0.417 e. The molecule has 2 aromatic carbocycles. The van der Waals surface area contributed by atoms with E-state index in [1.165, 1.54) is 5.56 Å². The third kappa shape index (κ3) is 3.83. The van der Waals surface area contributed by atoms with Crippen molar-refractivity contribution in [2.24, 2.45) is 0 Å². The van der Waals surface area contributed by atoms with E-state index in [9.17, 15) is 4.79 Å². The first kappa shape index (κ1) is 15.0. The molecule has 0 atom stereocenters. The van der Waals surface area contributed by atoms with Crippen LogP contribution in [0.2, 0.25) is 0 Å². The molecule has 0 saturated carbocycles. The maximum absolute atomic E-state index is 12.1. The average molecular weight is 307 g/mol. The fourth-order valence-corrected chi connectivity index (χ4v) is 2.23. The van der Waals surface area contributed by atoms with Gasteiger partial charge in [0.05, 0.1) is 0 Å². The molecule has 0 bridgehead atoms. The number of rotatable bonds is 5. The third-order valence-electron chi connectivity index (χ3n) is 3.52. The van der Waals surface area contributed by atoms with E-state index in [-0.39, 0.29) is 5.89 Å². The minimum absolute atomic E-state index is 0.0173. The molecule has 3 aromatic rings. The predicted octanol–water partition coefficient (Wildman–Crippen LogP) is 3.42. The highest BCUT2D eigenvalue weighted by Crippen LogP contribution is 2.14. The summed E-state index contributed by atoms with van der Waals surface area (Å²) < 4.78 is 5.44. The largest absolute Gasteiger partial charge is 0.417 e. The number of aryl methyl sites for hydroxylation is 3. The minimum atomic E-state index is -0.391. The first-order valence-electron chi connectivity index (χ1n) is 7.45. The maximum atomic E-state index is 12.1. The SMILES string of the molecule is Cc1ccccc1NC(=O)c1nnc(CCc2ccccc2)o1. The molecule has 1 amide bonds. The number of benzene rings is 2. The predicted molar refractivity (Wildman–Crippen MR) is 87.3 cm³/mol. The van der Waals surface area contributed by atoms with Crippen molar-refractivity contribution in [3.63, 3.8) is 0 Å². The summed E-state index contributed by atoms with van der Waals surface area (Å²) in [6.45, 7) is 1.93. The summed E-state index contributed by atoms with van der Waals surface area (Å²) >= 11 is 0. The lowest BCUT2D eigenvalue weighted by Crippen LogP contribution is -2.13. The van der Waals surface area contributed by atoms with Gasteiger partial charge in [-0.05, 0) is 30.5 Å². The van der Waals surface area contributed by atoms with Gasteiger partial charge >= 0.3 is 11.8 Å². The van der Waals surface area contributed by atoms with Crippen LogP contribution in [0.1, 0.15) is 27.7 Å². The number of hydrogen-bond donors (Lipinski definition) is 1. The van der Waals surface area contributed by atoms with Gasteiger partial charge in [-0.1, -0.05) is 48.5 Å². The summed E-state index contributed by atoms with van der Waals surface area (Å²) in [4.78, 5) is 12.1. The lowest BCUT2D eigenvalue weighted by atomic mass is 10.1. The monoisotopic (exact) mass is 307 g/mol. The zero-order valence-electron chi connectivity index (χ0n) is 12.8. The fourth-order valence-electron chi connectivity index (χ4n) is 2.23. The van der Waals surface area contributed by atoms with E-state index in [0.717, 1.165) is 17.7 Å². The standard InChI is InChI=1S/C18H17N3O2/c1-13-7-5-6-10-15(13)19-17(22)18-21-20-16(23-18)12-11-14-8-3-2-4-9-14/h2-10H,11-12H2,1H3,(H,19,22). The van der Waals surface area contributed by atoms with Crippen molar-refractivity contribution < 1.29 is 9.21 Å². The topological polar surface area (TPSA) is 68.0 Å². The van der Waals surface area contributed by atoms with E-state index in [1.807, 2.05) is 61.5 Å². The van der Waals surface area contributed by atoms with Crippen molar-refractivity contribution in [2.45, 2.75) is 19.8 Å². The number of carbonyl (C=O) groups is 1. The second-order valence-electron chi connectivity index (χ2n) is 5.26. The van der Waals surface area contributed by atoms with Crippen LogP contribution in [-0.2, 0) is 12.8 Å². The zero-order chi connectivity index (χ0) is 16.1. The summed E-state index contributed by atoms with van der Waals surface area (Å²) in [6.07, 6.45) is 1.40. The Morgan fingerprint density at radius 2 is 1.74 bits per heavy atom. The molecule has 1 aromatic heterocycles. The Labute approximate surface area is 134 Å². The van der Waals surface area contributed by atoms with E-state index in [1.54, 1.807) is 0 Å². The average Bonchev–Trinajstić information content (AvgIpc) is 3.05. The van der Waals surface area contributed by atoms with Crippen LogP contribution in [-0.4, -0.2) is 16.1 Å². The highest BCUT2D eigenvalue weighted by Gasteiger charge is 2.15. The number of nitrogens with one attached hydrogen (secondary N) is 1. The lowest BCUT2D eigenvalue weighted by molar-refractivity contribution is 0.0988. The van der Waals surface area contributed by atoms with E-state index >= 15 is 0 Å². The highest BCUT2D eigenvalue weighted by molar-refractivity contribution is 6.01. The zero-order valence-corrected chi connectivity index (χ0v) is 12.8. The second kappa shape index (κ2) is 6.87. The van der Waals surface area contributed by atoms with E-state index in [4.69, 9.17) is 4.42 Å². The molecule has 5 heteroatoms. The number of aromatic nitrogens is 2. The van der Waals surface area contributed by atoms with Gasteiger partial charge in [-0.25, -0.2) is 0 Å². The quantitative estimate of drug-likeness (QED) is 0.784. The van der Waals surface area contributed by atoms with E-state index < -0.39 is 5.91 Å². The van der Waals surface area contributed by atoms with Crippen LogP contribution >= 0.6 is 0 Å². The molecular formula is C18H17N3O2. The van der Waals surface area contributed by atoms with Crippen LogP contribution in [0.25, 0.3) is 0 Å². The molecule has 1 N–H and O–H groups in total. The van der Waals surface area contributed by atoms with Gasteiger partial charge in [0.1, 0.15) is 0 Å². The van der Waals surface area contributed by atoms with Crippen LogP contribution in [0.5, 0.6) is 0 Å². The van der Waals surface area contributed by atoms with Crippen molar-refractivity contribution in [3.8, 4) is 0 Å². The van der Waals surface area contributed by atoms with Crippen LogP contribution in [0.4, 0.5) is 5.69 Å². The van der Waals surface area contributed by atoms with Gasteiger partial charge in [-0.3, -0.25) is 4.79 Å². The van der Waals surface area contributed by atoms with E-state index in [2.05, 4.69) is 15.5 Å². The third-order valence-corrected chi connectivity index (χ3v) is 3.52. The Hall–Kier alpha value is -2.95. The van der Waals surface area contributed by atoms with E-state index in [0.29, 0.717) is 12.3 Å². The maximum Gasteiger partial charge on any atom is 0.313 e. The first-order chi connectivity index (χ1) is 11.2. The Morgan fingerprint density at radius 3 is 2.52 bits per heavy atom. The van der Waals surface area contributed by atoms with Crippen molar-refractivity contribution in [1.82, 2.24) is 10.2 Å². The Morgan fingerprint density at radius 1 is 1.00 bits per heavy atom. The number of amides is 1. The Balaban J connectivity index is 1.62. The van der Waals surface area contributed by atoms with Crippen molar-refractivity contribution in [3.05, 3.63) is 77.5 Å². The fraction of sp³-hybridized carbons (Fsp3) is 0.167. The molecule has 23 heavy (non-hydrogen) atoms. The normalized spacial score (nSPS) is 10.5. The Kier molecular flexibility index (Phi) is 4.47. The highest BCUT2D eigenvalue weighted by atomic mass is 16.4. The first-order valence-corrected chi connectivity index (χ1v) is 7.45. The summed E-state index contributed by atoms with van der Waals surface area (Å²) in [5, 5.41) is 10.5. The summed E-state index contributed by atoms with van der Waals surface area (Å²) in [5.74, 6) is 0.0536. The van der Waals surface area contributed by atoms with Gasteiger partial charge in [0.25, 0.3) is 0 Å². The molecule has 0 spiro atoms. The number of anilines is 1. The van der Waals surface area contributed by atoms with Crippen molar-refractivity contribution in [2.75, 3.05) is 5.32 Å². The molecule has 3 rings (SSSR count). The van der Waals surface area contributed by atoms with Gasteiger partial charge in [0, 0.05) is 12.1 Å². The molecule has 0 fully saturated rings. The molecule has 0 aliphatic rings. The van der Waals surface area contributed by atoms with Crippen LogP contribution < -0.4 is 5.32 Å². The summed E-state index contributed by atoms with van der Waals surface area (Å²) in [7, 11) is 0. The summed E-state index contributed by atoms with van der Waals surface area (Å²) in [6, 6.07) is 17.6. The summed E-state index contributed by atoms with van der Waals surface area (Å²) in [5.41, 5.74) is 2.91. The van der Waals surface area contributed by atoms with Gasteiger partial charge in [-0.15, -0.1) is 10.2 Å². The molecule has 0 radical (unpaired) electrons. The number of nitrogens with zero attached hydrogens (tertiary/aromatic N) is 2. The number of hydrogen-bond acceptors (Lipinski definition) is 4. The lowest BCUT2D eigenvalue weighted by Gasteiger charge is -2.05. The van der Waals surface area contributed by atoms with Crippen molar-refractivity contribution in [1.29, 1.82) is 0 Å². The number of carbonyl (C=O) groups excluding carboxylic acids is 1. The molecule has 0 saturated heterocycles. The Bertz CT molecular complexity index is 797. The molecule has 5 nitrogen and oxygen atoms in total. The van der Waals surface area contributed by atoms with Gasteiger partial charge in [0.2, 0.25) is 5.89 Å². The van der Waals surface area contributed by atoms with Crippen LogP contribution in [0, 0.1) is 6.92 Å². The molecule has 116 valence electrons. The molecular weight excluding hydrogens is 290 g/mol. The van der Waals surface area contributed by atoms with Crippen LogP contribution in [0.15, 0.2) is 59.0 Å². The van der Waals surface area contributed by atoms with Crippen molar-refractivity contribution >= 4 is 11.6 Å². The van der Waals surface area contributed by atoms with Gasteiger partial charge in [0.15, 0.2) is 0 Å². The second-order valence-corrected chi connectivity index (χ2v) is 5.26.